The number of hydrogen-bond donors (Lipinski definition) is 1. The fraction of sp³-hybridized carbons (Fsp3) is 0.409. The van der Waals surface area contributed by atoms with E-state index in [1.807, 2.05) is 31.2 Å². The van der Waals surface area contributed by atoms with Crippen molar-refractivity contribution in [3.63, 3.8) is 0 Å². The van der Waals surface area contributed by atoms with E-state index in [-0.39, 0.29) is 17.5 Å². The lowest BCUT2D eigenvalue weighted by molar-refractivity contribution is 0.103. The van der Waals surface area contributed by atoms with Gasteiger partial charge in [-0.1, -0.05) is 38.3 Å². The van der Waals surface area contributed by atoms with Crippen LogP contribution in [0.3, 0.4) is 0 Å². The molecule has 0 radical (unpaired) electrons. The molecule has 28 heavy (non-hydrogen) atoms. The highest BCUT2D eigenvalue weighted by atomic mass is 32.1. The van der Waals surface area contributed by atoms with Crippen LogP contribution in [0, 0.1) is 6.92 Å². The summed E-state index contributed by atoms with van der Waals surface area (Å²) in [6.07, 6.45) is 8.23. The molecule has 6 heteroatoms. The number of fused-ring (bicyclic) bond motifs is 1. The first-order valence-corrected chi connectivity index (χ1v) is 10.8. The monoisotopic (exact) mass is 395 g/mol. The van der Waals surface area contributed by atoms with E-state index in [2.05, 4.69) is 17.2 Å². The Bertz CT molecular complexity index is 1060. The quantitative estimate of drug-likeness (QED) is 0.669. The minimum atomic E-state index is -0.187. The first-order valence-electron chi connectivity index (χ1n) is 9.99. The smallest absolute Gasteiger partial charge is 0.266 e. The van der Waals surface area contributed by atoms with Crippen molar-refractivity contribution < 1.29 is 4.79 Å². The largest absolute Gasteiger partial charge is 0.321 e. The molecule has 2 aromatic heterocycles. The first-order chi connectivity index (χ1) is 13.6. The molecular formula is C22H25N3O2S. The van der Waals surface area contributed by atoms with Crippen molar-refractivity contribution in [1.29, 1.82) is 0 Å². The molecule has 1 aromatic carbocycles. The number of aryl methyl sites for hydroxylation is 2. The van der Waals surface area contributed by atoms with Crippen molar-refractivity contribution in [2.24, 2.45) is 0 Å². The molecule has 5 nitrogen and oxygen atoms in total. The van der Waals surface area contributed by atoms with Gasteiger partial charge in [-0.05, 0) is 49.4 Å². The maximum absolute atomic E-state index is 13.1. The predicted octanol–water partition coefficient (Wildman–Crippen LogP) is 5.09. The zero-order chi connectivity index (χ0) is 19.7. The lowest BCUT2D eigenvalue weighted by Crippen LogP contribution is -2.26. The van der Waals surface area contributed by atoms with Gasteiger partial charge in [0.2, 0.25) is 0 Å². The molecule has 3 aromatic rings. The first kappa shape index (κ1) is 18.9. The number of carbonyl (C=O) groups is 1. The number of nitrogens with zero attached hydrogens (tertiary/aromatic N) is 2. The summed E-state index contributed by atoms with van der Waals surface area (Å²) in [5.41, 5.74) is 2.69. The molecule has 2 heterocycles. The van der Waals surface area contributed by atoms with Gasteiger partial charge in [0.05, 0.1) is 16.6 Å². The van der Waals surface area contributed by atoms with Crippen molar-refractivity contribution in [3.8, 4) is 0 Å². The molecule has 4 rings (SSSR count). The zero-order valence-electron chi connectivity index (χ0n) is 16.3. The minimum Gasteiger partial charge on any atom is -0.321 e. The number of nitrogens with one attached hydrogen (secondary N) is 1. The highest BCUT2D eigenvalue weighted by molar-refractivity contribution is 7.20. The van der Waals surface area contributed by atoms with Gasteiger partial charge in [0.1, 0.15) is 4.83 Å². The van der Waals surface area contributed by atoms with Crippen LogP contribution in [-0.2, 0) is 6.42 Å². The van der Waals surface area contributed by atoms with E-state index in [4.69, 9.17) is 0 Å². The molecule has 1 amide bonds. The lowest BCUT2D eigenvalue weighted by Gasteiger charge is -2.23. The lowest BCUT2D eigenvalue weighted by atomic mass is 9.95. The van der Waals surface area contributed by atoms with E-state index >= 15 is 0 Å². The molecule has 1 saturated carbocycles. The van der Waals surface area contributed by atoms with Gasteiger partial charge in [0.25, 0.3) is 11.5 Å². The zero-order valence-corrected chi connectivity index (χ0v) is 17.1. The third-order valence-corrected chi connectivity index (χ3v) is 6.87. The third kappa shape index (κ3) is 3.49. The van der Waals surface area contributed by atoms with E-state index in [1.165, 1.54) is 23.3 Å². The van der Waals surface area contributed by atoms with Crippen LogP contribution in [-0.4, -0.2) is 15.5 Å². The summed E-state index contributed by atoms with van der Waals surface area (Å²) >= 11 is 1.29. The van der Waals surface area contributed by atoms with Crippen LogP contribution in [0.1, 0.15) is 65.9 Å². The van der Waals surface area contributed by atoms with Crippen molar-refractivity contribution in [1.82, 2.24) is 9.55 Å². The summed E-state index contributed by atoms with van der Waals surface area (Å²) in [5, 5.41) is 3.53. The second-order valence-corrected chi connectivity index (χ2v) is 8.49. The number of hydrogen-bond acceptors (Lipinski definition) is 4. The number of rotatable bonds is 4. The Hall–Kier alpha value is -2.47. The van der Waals surface area contributed by atoms with Gasteiger partial charge in [-0.3, -0.25) is 14.2 Å². The average molecular weight is 396 g/mol. The average Bonchev–Trinajstić information content (AvgIpc) is 3.07. The Morgan fingerprint density at radius 3 is 2.61 bits per heavy atom. The van der Waals surface area contributed by atoms with Gasteiger partial charge in [0.15, 0.2) is 0 Å². The topological polar surface area (TPSA) is 64.0 Å². The second-order valence-electron chi connectivity index (χ2n) is 7.49. The number of carbonyl (C=O) groups excluding carboxylic acids is 1. The van der Waals surface area contributed by atoms with Crippen LogP contribution in [0.4, 0.5) is 5.69 Å². The van der Waals surface area contributed by atoms with E-state index in [0.29, 0.717) is 15.1 Å². The van der Waals surface area contributed by atoms with Crippen LogP contribution in [0.5, 0.6) is 0 Å². The summed E-state index contributed by atoms with van der Waals surface area (Å²) < 4.78 is 1.78. The Morgan fingerprint density at radius 1 is 1.21 bits per heavy atom. The molecular weight excluding hydrogens is 370 g/mol. The second kappa shape index (κ2) is 7.87. The third-order valence-electron chi connectivity index (χ3n) is 5.67. The maximum atomic E-state index is 13.1. The molecule has 0 atom stereocenters. The van der Waals surface area contributed by atoms with Crippen LogP contribution in [0.2, 0.25) is 0 Å². The van der Waals surface area contributed by atoms with Crippen LogP contribution < -0.4 is 10.9 Å². The number of anilines is 1. The predicted molar refractivity (Wildman–Crippen MR) is 115 cm³/mol. The summed E-state index contributed by atoms with van der Waals surface area (Å²) in [7, 11) is 0. The number of benzene rings is 1. The van der Waals surface area contributed by atoms with Crippen molar-refractivity contribution in [3.05, 3.63) is 57.0 Å². The molecule has 0 unspecified atom stereocenters. The molecule has 0 bridgehead atoms. The molecule has 1 aliphatic carbocycles. The highest BCUT2D eigenvalue weighted by Crippen LogP contribution is 2.30. The standard InChI is InChI=1S/C22H25N3O2S/c1-3-15-9-11-16(12-10-15)24-20(26)19-14(2)18-21(28-19)23-13-25(22(18)27)17-7-5-4-6-8-17/h9-13,17H,3-8H2,1-2H3,(H,24,26). The number of aromatic nitrogens is 2. The van der Waals surface area contributed by atoms with E-state index < -0.39 is 0 Å². The van der Waals surface area contributed by atoms with Crippen molar-refractivity contribution >= 4 is 33.1 Å². The molecule has 0 saturated heterocycles. The number of thiophene rings is 1. The van der Waals surface area contributed by atoms with Gasteiger partial charge in [-0.15, -0.1) is 11.3 Å². The van der Waals surface area contributed by atoms with Crippen LogP contribution in [0.15, 0.2) is 35.4 Å². The normalized spacial score (nSPS) is 15.1. The summed E-state index contributed by atoms with van der Waals surface area (Å²) in [4.78, 5) is 31.6. The van der Waals surface area contributed by atoms with Gasteiger partial charge in [-0.25, -0.2) is 4.98 Å². The fourth-order valence-electron chi connectivity index (χ4n) is 3.98. The highest BCUT2D eigenvalue weighted by Gasteiger charge is 2.22. The fourth-order valence-corrected chi connectivity index (χ4v) is 5.02. The van der Waals surface area contributed by atoms with Crippen molar-refractivity contribution in [2.75, 3.05) is 5.32 Å². The van der Waals surface area contributed by atoms with Crippen LogP contribution in [0.25, 0.3) is 10.2 Å². The van der Waals surface area contributed by atoms with E-state index in [9.17, 15) is 9.59 Å². The molecule has 1 N–H and O–H groups in total. The molecule has 146 valence electrons. The molecule has 0 spiro atoms. The van der Waals surface area contributed by atoms with Gasteiger partial charge in [0, 0.05) is 11.7 Å². The van der Waals surface area contributed by atoms with Crippen LogP contribution >= 0.6 is 11.3 Å². The Kier molecular flexibility index (Phi) is 5.31. The Balaban J connectivity index is 1.65. The minimum absolute atomic E-state index is 0.0167. The van der Waals surface area contributed by atoms with Crippen molar-refractivity contribution in [2.45, 2.75) is 58.4 Å². The SMILES string of the molecule is CCc1ccc(NC(=O)c2sc3ncn(C4CCCCC4)c(=O)c3c2C)cc1. The van der Waals surface area contributed by atoms with Gasteiger partial charge in [-0.2, -0.15) is 0 Å². The summed E-state index contributed by atoms with van der Waals surface area (Å²) in [6.45, 7) is 3.95. The van der Waals surface area contributed by atoms with E-state index in [1.54, 1.807) is 10.9 Å². The molecule has 0 aliphatic heterocycles. The molecule has 1 aliphatic rings. The van der Waals surface area contributed by atoms with Gasteiger partial charge < -0.3 is 5.32 Å². The van der Waals surface area contributed by atoms with E-state index in [0.717, 1.165) is 43.4 Å². The van der Waals surface area contributed by atoms with Gasteiger partial charge >= 0.3 is 0 Å². The summed E-state index contributed by atoms with van der Waals surface area (Å²) in [6, 6.07) is 8.07. The Labute approximate surface area is 168 Å². The molecule has 1 fully saturated rings. The summed E-state index contributed by atoms with van der Waals surface area (Å²) in [5.74, 6) is -0.187. The Morgan fingerprint density at radius 2 is 1.93 bits per heavy atom. The number of amides is 1. The maximum Gasteiger partial charge on any atom is 0.266 e.